The number of hydrogen-bond acceptors (Lipinski definition) is 4. The number of rotatable bonds is 1. The summed E-state index contributed by atoms with van der Waals surface area (Å²) in [5.74, 6) is 2.73. The second kappa shape index (κ2) is 4.26. The molecule has 0 atom stereocenters. The van der Waals surface area contributed by atoms with Crippen LogP contribution in [-0.4, -0.2) is 40.6 Å². The second-order valence-electron chi connectivity index (χ2n) is 3.60. The Morgan fingerprint density at radius 2 is 2.07 bits per heavy atom. The molecule has 4 nitrogen and oxygen atoms in total. The van der Waals surface area contributed by atoms with Gasteiger partial charge in [0.2, 0.25) is 0 Å². The number of thioether (sulfide) groups is 1. The van der Waals surface area contributed by atoms with E-state index in [0.29, 0.717) is 17.0 Å². The minimum absolute atomic E-state index is 0.0616. The normalized spacial score (nSPS) is 16.8. The number of aromatic nitrogens is 1. The fraction of sp³-hybridized carbons (Fsp3) is 0.600. The summed E-state index contributed by atoms with van der Waals surface area (Å²) in [5.41, 5.74) is 1.33. The van der Waals surface area contributed by atoms with Crippen LogP contribution in [0.4, 0.5) is 0 Å². The minimum atomic E-state index is 0.0616. The van der Waals surface area contributed by atoms with Crippen molar-refractivity contribution in [1.82, 2.24) is 10.1 Å². The Hall–Kier alpha value is -0.970. The SMILES string of the molecule is Cc1noc(C)c1C(=O)N1CCSCC1. The Morgan fingerprint density at radius 3 is 2.60 bits per heavy atom. The smallest absolute Gasteiger partial charge is 0.259 e. The van der Waals surface area contributed by atoms with Gasteiger partial charge in [0.05, 0.1) is 5.69 Å². The standard InChI is InChI=1S/C10H14N2O2S/c1-7-9(8(2)14-11-7)10(13)12-3-5-15-6-4-12/h3-6H2,1-2H3. The number of carbonyl (C=O) groups excluding carboxylic acids is 1. The van der Waals surface area contributed by atoms with Crippen molar-refractivity contribution in [1.29, 1.82) is 0 Å². The Balaban J connectivity index is 2.19. The summed E-state index contributed by atoms with van der Waals surface area (Å²) in [5, 5.41) is 3.80. The molecule has 0 N–H and O–H groups in total. The molecule has 1 saturated heterocycles. The molecule has 0 unspecified atom stereocenters. The van der Waals surface area contributed by atoms with Gasteiger partial charge in [0.15, 0.2) is 0 Å². The molecule has 1 aromatic rings. The van der Waals surface area contributed by atoms with Gasteiger partial charge < -0.3 is 9.42 Å². The molecule has 82 valence electrons. The molecule has 1 aliphatic heterocycles. The van der Waals surface area contributed by atoms with Crippen LogP contribution in [0.2, 0.25) is 0 Å². The lowest BCUT2D eigenvalue weighted by Crippen LogP contribution is -2.38. The largest absolute Gasteiger partial charge is 0.361 e. The van der Waals surface area contributed by atoms with Gasteiger partial charge in [-0.25, -0.2) is 0 Å². The van der Waals surface area contributed by atoms with Gasteiger partial charge in [-0.3, -0.25) is 4.79 Å². The molecule has 0 saturated carbocycles. The summed E-state index contributed by atoms with van der Waals surface area (Å²) >= 11 is 1.89. The minimum Gasteiger partial charge on any atom is -0.361 e. The van der Waals surface area contributed by atoms with Crippen molar-refractivity contribution in [3.63, 3.8) is 0 Å². The number of nitrogens with zero attached hydrogens (tertiary/aromatic N) is 2. The van der Waals surface area contributed by atoms with E-state index in [1.54, 1.807) is 6.92 Å². The first-order valence-electron chi connectivity index (χ1n) is 5.00. The van der Waals surface area contributed by atoms with Crippen LogP contribution in [0.15, 0.2) is 4.52 Å². The molecule has 0 bridgehead atoms. The van der Waals surface area contributed by atoms with E-state index in [0.717, 1.165) is 24.6 Å². The number of carbonyl (C=O) groups is 1. The molecule has 0 radical (unpaired) electrons. The predicted octanol–water partition coefficient (Wildman–Crippen LogP) is 1.48. The topological polar surface area (TPSA) is 46.3 Å². The zero-order valence-electron chi connectivity index (χ0n) is 8.95. The highest BCUT2D eigenvalue weighted by atomic mass is 32.2. The maximum atomic E-state index is 12.1. The van der Waals surface area contributed by atoms with E-state index in [4.69, 9.17) is 4.52 Å². The van der Waals surface area contributed by atoms with E-state index in [9.17, 15) is 4.79 Å². The Bertz CT molecular complexity index is 350. The van der Waals surface area contributed by atoms with E-state index < -0.39 is 0 Å². The summed E-state index contributed by atoms with van der Waals surface area (Å²) in [6.45, 7) is 5.25. The molecule has 1 aromatic heterocycles. The molecular weight excluding hydrogens is 212 g/mol. The molecule has 0 aliphatic carbocycles. The van der Waals surface area contributed by atoms with E-state index in [-0.39, 0.29) is 5.91 Å². The highest BCUT2D eigenvalue weighted by Crippen LogP contribution is 2.18. The fourth-order valence-corrected chi connectivity index (χ4v) is 2.62. The van der Waals surface area contributed by atoms with Crippen molar-refractivity contribution >= 4 is 17.7 Å². The van der Waals surface area contributed by atoms with Crippen molar-refractivity contribution in [3.8, 4) is 0 Å². The highest BCUT2D eigenvalue weighted by Gasteiger charge is 2.24. The zero-order chi connectivity index (χ0) is 10.8. The molecule has 5 heteroatoms. The Kier molecular flexibility index (Phi) is 3.00. The molecule has 15 heavy (non-hydrogen) atoms. The van der Waals surface area contributed by atoms with Crippen molar-refractivity contribution in [2.24, 2.45) is 0 Å². The summed E-state index contributed by atoms with van der Waals surface area (Å²) in [4.78, 5) is 14.0. The van der Waals surface area contributed by atoms with Crippen molar-refractivity contribution < 1.29 is 9.32 Å². The average Bonchev–Trinajstić information content (AvgIpc) is 2.59. The highest BCUT2D eigenvalue weighted by molar-refractivity contribution is 7.99. The van der Waals surface area contributed by atoms with Crippen LogP contribution < -0.4 is 0 Å². The number of hydrogen-bond donors (Lipinski definition) is 0. The number of amides is 1. The van der Waals surface area contributed by atoms with Gasteiger partial charge >= 0.3 is 0 Å². The van der Waals surface area contributed by atoms with Gasteiger partial charge in [0.25, 0.3) is 5.91 Å². The van der Waals surface area contributed by atoms with Crippen LogP contribution in [0, 0.1) is 13.8 Å². The van der Waals surface area contributed by atoms with Crippen LogP contribution in [0.1, 0.15) is 21.8 Å². The Morgan fingerprint density at radius 1 is 1.40 bits per heavy atom. The molecule has 1 fully saturated rings. The lowest BCUT2D eigenvalue weighted by Gasteiger charge is -2.26. The first-order valence-corrected chi connectivity index (χ1v) is 6.15. The zero-order valence-corrected chi connectivity index (χ0v) is 9.76. The fourth-order valence-electron chi connectivity index (χ4n) is 1.71. The van der Waals surface area contributed by atoms with E-state index in [1.807, 2.05) is 23.6 Å². The molecule has 0 spiro atoms. The molecule has 0 aromatic carbocycles. The van der Waals surface area contributed by atoms with Gasteiger partial charge in [0.1, 0.15) is 11.3 Å². The molecule has 2 heterocycles. The summed E-state index contributed by atoms with van der Waals surface area (Å²) in [6, 6.07) is 0. The van der Waals surface area contributed by atoms with Gasteiger partial charge in [-0.1, -0.05) is 5.16 Å². The Labute approximate surface area is 93.0 Å². The predicted molar refractivity (Wildman–Crippen MR) is 59.2 cm³/mol. The maximum Gasteiger partial charge on any atom is 0.259 e. The van der Waals surface area contributed by atoms with Crippen LogP contribution in [0.5, 0.6) is 0 Å². The monoisotopic (exact) mass is 226 g/mol. The van der Waals surface area contributed by atoms with Crippen LogP contribution in [0.25, 0.3) is 0 Å². The summed E-state index contributed by atoms with van der Waals surface area (Å²) in [6.07, 6.45) is 0. The van der Waals surface area contributed by atoms with Crippen molar-refractivity contribution in [2.75, 3.05) is 24.6 Å². The molecule has 1 aliphatic rings. The van der Waals surface area contributed by atoms with Crippen molar-refractivity contribution in [2.45, 2.75) is 13.8 Å². The van der Waals surface area contributed by atoms with Gasteiger partial charge in [-0.05, 0) is 13.8 Å². The van der Waals surface area contributed by atoms with E-state index >= 15 is 0 Å². The van der Waals surface area contributed by atoms with Gasteiger partial charge in [-0.15, -0.1) is 0 Å². The third-order valence-corrected chi connectivity index (χ3v) is 3.49. The molecular formula is C10H14N2O2S. The van der Waals surface area contributed by atoms with Crippen molar-refractivity contribution in [3.05, 3.63) is 17.0 Å². The van der Waals surface area contributed by atoms with E-state index in [1.165, 1.54) is 0 Å². The quantitative estimate of drug-likeness (QED) is 0.727. The second-order valence-corrected chi connectivity index (χ2v) is 4.83. The summed E-state index contributed by atoms with van der Waals surface area (Å²) in [7, 11) is 0. The lowest BCUT2D eigenvalue weighted by atomic mass is 10.2. The first kappa shape index (κ1) is 10.5. The molecule has 2 rings (SSSR count). The van der Waals surface area contributed by atoms with Gasteiger partial charge in [-0.2, -0.15) is 11.8 Å². The number of aryl methyl sites for hydroxylation is 2. The third kappa shape index (κ3) is 2.02. The first-order chi connectivity index (χ1) is 7.20. The van der Waals surface area contributed by atoms with Crippen LogP contribution in [-0.2, 0) is 0 Å². The average molecular weight is 226 g/mol. The summed E-state index contributed by atoms with van der Waals surface area (Å²) < 4.78 is 5.00. The van der Waals surface area contributed by atoms with Crippen LogP contribution >= 0.6 is 11.8 Å². The third-order valence-electron chi connectivity index (χ3n) is 2.55. The van der Waals surface area contributed by atoms with Crippen LogP contribution in [0.3, 0.4) is 0 Å². The van der Waals surface area contributed by atoms with E-state index in [2.05, 4.69) is 5.16 Å². The lowest BCUT2D eigenvalue weighted by molar-refractivity contribution is 0.0770. The van der Waals surface area contributed by atoms with Gasteiger partial charge in [0, 0.05) is 24.6 Å². The molecule has 1 amide bonds. The maximum absolute atomic E-state index is 12.1.